The second-order valence-electron chi connectivity index (χ2n) is 13.5. The van der Waals surface area contributed by atoms with Crippen LogP contribution in [0.15, 0.2) is 0 Å². The van der Waals surface area contributed by atoms with E-state index in [1.807, 2.05) is 27.7 Å². The van der Waals surface area contributed by atoms with Crippen molar-refractivity contribution in [3.63, 3.8) is 0 Å². The molecule has 3 fully saturated rings. The van der Waals surface area contributed by atoms with Gasteiger partial charge in [-0.15, -0.1) is 0 Å². The normalized spacial score (nSPS) is 31.6. The summed E-state index contributed by atoms with van der Waals surface area (Å²) in [5.41, 5.74) is 0. The number of esters is 1. The maximum Gasteiger partial charge on any atom is 0.308 e. The van der Waals surface area contributed by atoms with Crippen LogP contribution in [0.3, 0.4) is 0 Å². The molecule has 2 unspecified atom stereocenters. The van der Waals surface area contributed by atoms with Crippen molar-refractivity contribution in [1.29, 1.82) is 0 Å². The number of rotatable bonds is 5. The molecule has 0 aromatic rings. The van der Waals surface area contributed by atoms with Crippen LogP contribution in [0.1, 0.15) is 80.6 Å². The molecule has 14 heteroatoms. The molecule has 7 atom stereocenters. The Balaban J connectivity index is 1.99. The number of amides is 5. The lowest BCUT2D eigenvalue weighted by molar-refractivity contribution is -0.166. The zero-order valence-electron chi connectivity index (χ0n) is 28.8. The topological polar surface area (TPSA) is 164 Å². The van der Waals surface area contributed by atoms with Gasteiger partial charge in [0.05, 0.1) is 19.1 Å². The summed E-state index contributed by atoms with van der Waals surface area (Å²) in [6.45, 7) is 12.8. The largest absolute Gasteiger partial charge is 0.452 e. The Bertz CT molecular complexity index is 1160. The predicted molar refractivity (Wildman–Crippen MR) is 167 cm³/mol. The highest BCUT2D eigenvalue weighted by molar-refractivity contribution is 5.96. The van der Waals surface area contributed by atoms with Gasteiger partial charge in [0, 0.05) is 33.6 Å². The van der Waals surface area contributed by atoms with E-state index < -0.39 is 77.7 Å². The third kappa shape index (κ3) is 8.75. The van der Waals surface area contributed by atoms with Gasteiger partial charge < -0.3 is 39.5 Å². The number of nitrogens with one attached hydrogen (secondary N) is 2. The number of cyclic esters (lactones) is 1. The average molecular weight is 652 g/mol. The van der Waals surface area contributed by atoms with Crippen LogP contribution in [0.2, 0.25) is 0 Å². The van der Waals surface area contributed by atoms with Gasteiger partial charge in [-0.3, -0.25) is 28.8 Å². The lowest BCUT2D eigenvalue weighted by Gasteiger charge is -2.38. The molecule has 3 saturated heterocycles. The molecule has 0 aromatic heterocycles. The van der Waals surface area contributed by atoms with Gasteiger partial charge in [0.15, 0.2) is 11.9 Å². The van der Waals surface area contributed by atoms with Gasteiger partial charge in [0.2, 0.25) is 23.6 Å². The van der Waals surface area contributed by atoms with Crippen LogP contribution >= 0.6 is 0 Å². The summed E-state index contributed by atoms with van der Waals surface area (Å²) < 4.78 is 17.2. The van der Waals surface area contributed by atoms with Gasteiger partial charge in [-0.2, -0.15) is 0 Å². The van der Waals surface area contributed by atoms with Crippen molar-refractivity contribution >= 4 is 35.5 Å². The van der Waals surface area contributed by atoms with E-state index in [1.165, 1.54) is 28.8 Å². The Morgan fingerprint density at radius 3 is 2.22 bits per heavy atom. The van der Waals surface area contributed by atoms with Crippen molar-refractivity contribution in [2.45, 2.75) is 123 Å². The smallest absolute Gasteiger partial charge is 0.308 e. The third-order valence-electron chi connectivity index (χ3n) is 9.29. The van der Waals surface area contributed by atoms with Crippen molar-refractivity contribution < 1.29 is 43.0 Å². The van der Waals surface area contributed by atoms with Gasteiger partial charge in [0.25, 0.3) is 5.91 Å². The molecule has 46 heavy (non-hydrogen) atoms. The lowest BCUT2D eigenvalue weighted by Crippen LogP contribution is -2.60. The molecule has 3 rings (SSSR count). The summed E-state index contributed by atoms with van der Waals surface area (Å²) in [7, 11) is 3.02. The monoisotopic (exact) mass is 651 g/mol. The van der Waals surface area contributed by atoms with E-state index in [-0.39, 0.29) is 44.4 Å². The second kappa shape index (κ2) is 15.6. The first-order chi connectivity index (χ1) is 21.5. The number of hydrogen-bond donors (Lipinski definition) is 2. The number of fused-ring (bicyclic) bond motifs is 1. The summed E-state index contributed by atoms with van der Waals surface area (Å²) in [4.78, 5) is 85.6. The molecule has 3 heterocycles. The van der Waals surface area contributed by atoms with Crippen LogP contribution in [0.4, 0.5) is 0 Å². The molecule has 5 amide bonds. The Morgan fingerprint density at radius 2 is 1.63 bits per heavy atom. The van der Waals surface area contributed by atoms with Crippen molar-refractivity contribution in [2.75, 3.05) is 33.8 Å². The van der Waals surface area contributed by atoms with E-state index in [4.69, 9.17) is 14.2 Å². The molecule has 2 N–H and O–H groups in total. The maximum absolute atomic E-state index is 14.0. The predicted octanol–water partition coefficient (Wildman–Crippen LogP) is 0.812. The molecule has 260 valence electrons. The van der Waals surface area contributed by atoms with Crippen molar-refractivity contribution in [3.05, 3.63) is 0 Å². The molecule has 0 aromatic carbocycles. The molecule has 0 radical (unpaired) electrons. The first-order valence-electron chi connectivity index (χ1n) is 16.4. The van der Waals surface area contributed by atoms with Crippen LogP contribution in [-0.2, 0) is 43.0 Å². The van der Waals surface area contributed by atoms with Crippen LogP contribution in [0, 0.1) is 11.8 Å². The fourth-order valence-corrected chi connectivity index (χ4v) is 6.22. The Kier molecular flexibility index (Phi) is 12.6. The van der Waals surface area contributed by atoms with E-state index >= 15 is 0 Å². The van der Waals surface area contributed by atoms with E-state index in [2.05, 4.69) is 10.6 Å². The van der Waals surface area contributed by atoms with Gasteiger partial charge in [0.1, 0.15) is 24.2 Å². The first kappa shape index (κ1) is 37.2. The zero-order chi connectivity index (χ0) is 34.5. The van der Waals surface area contributed by atoms with Crippen LogP contribution < -0.4 is 10.6 Å². The Hall–Kier alpha value is -3.26. The van der Waals surface area contributed by atoms with Crippen LogP contribution in [-0.4, -0.2) is 126 Å². The van der Waals surface area contributed by atoms with E-state index in [0.29, 0.717) is 19.3 Å². The Morgan fingerprint density at radius 1 is 0.957 bits per heavy atom. The highest BCUT2D eigenvalue weighted by Gasteiger charge is 2.44. The fourth-order valence-electron chi connectivity index (χ4n) is 6.22. The number of likely N-dealkylation sites (N-methyl/N-ethyl adjacent to an activating group) is 2. The van der Waals surface area contributed by atoms with Gasteiger partial charge in [-0.1, -0.05) is 34.1 Å². The SMILES string of the molecule is CC[C@H](C)[C@@H]1NC(=O)[C@@H]2CCCN2C(=O)[C@@H](CC2COC(C)(C)O2)OC(=O)CCNC(=O)[C@H](C)N(C)C(=O)C(C(C)C)N(C)C1=O. The minimum atomic E-state index is -1.26. The molecule has 3 aliphatic heterocycles. The molecule has 3 aliphatic rings. The highest BCUT2D eigenvalue weighted by Crippen LogP contribution is 2.28. The number of carbonyl (C=O) groups excluding carboxylic acids is 6. The van der Waals surface area contributed by atoms with Crippen molar-refractivity contribution in [3.8, 4) is 0 Å². The van der Waals surface area contributed by atoms with Gasteiger partial charge >= 0.3 is 5.97 Å². The molecule has 0 bridgehead atoms. The molecule has 0 aliphatic carbocycles. The first-order valence-corrected chi connectivity index (χ1v) is 16.4. The van der Waals surface area contributed by atoms with E-state index in [9.17, 15) is 28.8 Å². The minimum Gasteiger partial charge on any atom is -0.452 e. The Labute approximate surface area is 272 Å². The number of nitrogens with zero attached hydrogens (tertiary/aromatic N) is 3. The molecular weight excluding hydrogens is 598 g/mol. The van der Waals surface area contributed by atoms with Crippen molar-refractivity contribution in [2.24, 2.45) is 11.8 Å². The number of hydrogen-bond acceptors (Lipinski definition) is 9. The summed E-state index contributed by atoms with van der Waals surface area (Å²) >= 11 is 0. The van der Waals surface area contributed by atoms with Gasteiger partial charge in [-0.05, 0) is 45.4 Å². The lowest BCUT2D eigenvalue weighted by atomic mass is 9.94. The van der Waals surface area contributed by atoms with E-state index in [1.54, 1.807) is 20.8 Å². The fraction of sp³-hybridized carbons (Fsp3) is 0.812. The standard InChI is InChI=1S/C32H53N5O9/c1-10-19(4)25-30(42)36(9)26(18(2)3)31(43)35(8)20(5)27(39)33-14-13-24(38)45-23(16-21-17-44-32(6,7)46-21)29(41)37-15-11-12-22(37)28(40)34-25/h18-23,25-26H,10-17H2,1-9H3,(H,33,39)(H,34,40)/t19-,20-,21?,22-,23+,25-,26?/m0/s1. The van der Waals surface area contributed by atoms with E-state index in [0.717, 1.165) is 0 Å². The average Bonchev–Trinajstić information content (AvgIpc) is 3.62. The molecular formula is C32H53N5O9. The molecule has 0 saturated carbocycles. The number of carbonyl (C=O) groups is 6. The highest BCUT2D eigenvalue weighted by atomic mass is 16.7. The summed E-state index contributed by atoms with van der Waals surface area (Å²) in [5, 5.41) is 5.56. The maximum atomic E-state index is 14.0. The van der Waals surface area contributed by atoms with Crippen LogP contribution in [0.25, 0.3) is 0 Å². The second-order valence-corrected chi connectivity index (χ2v) is 13.5. The van der Waals surface area contributed by atoms with Gasteiger partial charge in [-0.25, -0.2) is 0 Å². The summed E-state index contributed by atoms with van der Waals surface area (Å²) in [6, 6.07) is -3.68. The summed E-state index contributed by atoms with van der Waals surface area (Å²) in [6.07, 6.45) is -0.513. The van der Waals surface area contributed by atoms with Crippen LogP contribution in [0.5, 0.6) is 0 Å². The quantitative estimate of drug-likeness (QED) is 0.410. The van der Waals surface area contributed by atoms with Crippen molar-refractivity contribution in [1.82, 2.24) is 25.3 Å². The number of ether oxygens (including phenoxy) is 3. The molecule has 14 nitrogen and oxygen atoms in total. The molecule has 0 spiro atoms. The summed E-state index contributed by atoms with van der Waals surface area (Å²) in [5.74, 6) is -4.57. The minimum absolute atomic E-state index is 0.0184. The third-order valence-corrected chi connectivity index (χ3v) is 9.29. The zero-order valence-corrected chi connectivity index (χ0v) is 28.8.